The van der Waals surface area contributed by atoms with Crippen molar-refractivity contribution in [1.29, 1.82) is 0 Å². The summed E-state index contributed by atoms with van der Waals surface area (Å²) < 4.78 is 10.2. The van der Waals surface area contributed by atoms with Gasteiger partial charge in [-0.1, -0.05) is 58.8 Å². The molecule has 0 rings (SSSR count). The van der Waals surface area contributed by atoms with Crippen LogP contribution in [0.5, 0.6) is 0 Å². The van der Waals surface area contributed by atoms with Crippen molar-refractivity contribution >= 4 is 11.9 Å². The van der Waals surface area contributed by atoms with Crippen LogP contribution >= 0.6 is 0 Å². The van der Waals surface area contributed by atoms with Gasteiger partial charge < -0.3 is 9.47 Å². The zero-order valence-electron chi connectivity index (χ0n) is 16.1. The third-order valence-corrected chi connectivity index (χ3v) is 4.04. The van der Waals surface area contributed by atoms with Gasteiger partial charge in [0.15, 0.2) is 0 Å². The second-order valence-corrected chi connectivity index (χ2v) is 5.98. The number of esters is 2. The number of unbranched alkanes of at least 4 members (excludes halogenated alkanes) is 7. The second-order valence-electron chi connectivity index (χ2n) is 5.98. The lowest BCUT2D eigenvalue weighted by Crippen LogP contribution is -2.16. The minimum Gasteiger partial charge on any atom is -0.463 e. The van der Waals surface area contributed by atoms with Crippen LogP contribution in [0.1, 0.15) is 91.9 Å². The summed E-state index contributed by atoms with van der Waals surface area (Å²) in [5.41, 5.74) is 0.974. The lowest BCUT2D eigenvalue weighted by atomic mass is 9.98. The van der Waals surface area contributed by atoms with Crippen molar-refractivity contribution in [2.24, 2.45) is 0 Å². The van der Waals surface area contributed by atoms with Gasteiger partial charge >= 0.3 is 11.9 Å². The van der Waals surface area contributed by atoms with Crippen LogP contribution < -0.4 is 0 Å². The molecule has 0 saturated carbocycles. The van der Waals surface area contributed by atoms with Gasteiger partial charge in [-0.3, -0.25) is 0 Å². The average Bonchev–Trinajstić information content (AvgIpc) is 2.56. The SMILES string of the molecule is CCCCCCCCCC/C(C(=O)OCC)=C(\CC)C(=O)OCC. The standard InChI is InChI=1S/C20H36O4/c1-5-9-10-11-12-13-14-15-16-18(20(22)24-8-4)17(6-2)19(21)23-7-3/h5-16H2,1-4H3/b18-17-. The number of carbonyl (C=O) groups is 2. The van der Waals surface area contributed by atoms with Crippen LogP contribution in [0.2, 0.25) is 0 Å². The molecule has 0 fully saturated rings. The van der Waals surface area contributed by atoms with Crippen LogP contribution in [0.4, 0.5) is 0 Å². The molecule has 140 valence electrons. The summed E-state index contributed by atoms with van der Waals surface area (Å²) in [5, 5.41) is 0. The van der Waals surface area contributed by atoms with Gasteiger partial charge in [-0.05, 0) is 33.1 Å². The number of ether oxygens (including phenoxy) is 2. The van der Waals surface area contributed by atoms with Gasteiger partial charge in [0, 0.05) is 11.1 Å². The molecule has 0 saturated heterocycles. The van der Waals surface area contributed by atoms with Crippen LogP contribution in [-0.2, 0) is 19.1 Å². The lowest BCUT2D eigenvalue weighted by Gasteiger charge is -2.13. The van der Waals surface area contributed by atoms with Crippen molar-refractivity contribution < 1.29 is 19.1 Å². The Bertz CT molecular complexity index is 385. The Labute approximate surface area is 148 Å². The first-order chi connectivity index (χ1) is 11.6. The summed E-state index contributed by atoms with van der Waals surface area (Å²) in [7, 11) is 0. The maximum Gasteiger partial charge on any atom is 0.334 e. The number of hydrogen-bond acceptors (Lipinski definition) is 4. The smallest absolute Gasteiger partial charge is 0.334 e. The van der Waals surface area contributed by atoms with E-state index in [1.165, 1.54) is 38.5 Å². The highest BCUT2D eigenvalue weighted by Crippen LogP contribution is 2.20. The highest BCUT2D eigenvalue weighted by molar-refractivity contribution is 6.00. The van der Waals surface area contributed by atoms with Crippen LogP contribution in [0, 0.1) is 0 Å². The Morgan fingerprint density at radius 3 is 1.54 bits per heavy atom. The first-order valence-electron chi connectivity index (χ1n) is 9.68. The average molecular weight is 341 g/mol. The molecule has 0 aliphatic rings. The summed E-state index contributed by atoms with van der Waals surface area (Å²) in [4.78, 5) is 24.3. The lowest BCUT2D eigenvalue weighted by molar-refractivity contribution is -0.142. The zero-order valence-corrected chi connectivity index (χ0v) is 16.1. The molecule has 0 atom stereocenters. The van der Waals surface area contributed by atoms with Crippen LogP contribution in [0.3, 0.4) is 0 Å². The molecule has 4 heteroatoms. The van der Waals surface area contributed by atoms with Crippen molar-refractivity contribution in [2.45, 2.75) is 91.9 Å². The minimum absolute atomic E-state index is 0.316. The molecular weight excluding hydrogens is 304 g/mol. The van der Waals surface area contributed by atoms with Crippen LogP contribution in [0.25, 0.3) is 0 Å². The molecule has 0 heterocycles. The topological polar surface area (TPSA) is 52.6 Å². The van der Waals surface area contributed by atoms with Gasteiger partial charge in [-0.15, -0.1) is 0 Å². The van der Waals surface area contributed by atoms with E-state index in [0.29, 0.717) is 37.2 Å². The second kappa shape index (κ2) is 15.2. The summed E-state index contributed by atoms with van der Waals surface area (Å²) >= 11 is 0. The Morgan fingerprint density at radius 2 is 1.08 bits per heavy atom. The fourth-order valence-corrected chi connectivity index (χ4v) is 2.73. The molecule has 0 aromatic rings. The van der Waals surface area contributed by atoms with Gasteiger partial charge in [0.05, 0.1) is 13.2 Å². The number of hydrogen-bond donors (Lipinski definition) is 0. The summed E-state index contributed by atoms with van der Waals surface area (Å²) in [6.07, 6.45) is 10.7. The van der Waals surface area contributed by atoms with Crippen molar-refractivity contribution in [3.05, 3.63) is 11.1 Å². The molecule has 0 aromatic carbocycles. The van der Waals surface area contributed by atoms with E-state index in [2.05, 4.69) is 6.92 Å². The van der Waals surface area contributed by atoms with Gasteiger partial charge in [0.1, 0.15) is 0 Å². The van der Waals surface area contributed by atoms with Gasteiger partial charge in [-0.25, -0.2) is 9.59 Å². The molecule has 24 heavy (non-hydrogen) atoms. The van der Waals surface area contributed by atoms with E-state index >= 15 is 0 Å². The van der Waals surface area contributed by atoms with E-state index in [0.717, 1.165) is 12.8 Å². The predicted octanol–water partition coefficient (Wildman–Crippen LogP) is 5.35. The molecule has 0 aliphatic carbocycles. The van der Waals surface area contributed by atoms with Crippen molar-refractivity contribution in [2.75, 3.05) is 13.2 Å². The van der Waals surface area contributed by atoms with Crippen molar-refractivity contribution in [3.8, 4) is 0 Å². The Hall–Kier alpha value is -1.32. The number of carbonyl (C=O) groups excluding carboxylic acids is 2. The molecule has 0 spiro atoms. The van der Waals surface area contributed by atoms with Crippen molar-refractivity contribution in [3.63, 3.8) is 0 Å². The molecule has 0 unspecified atom stereocenters. The maximum atomic E-state index is 12.2. The summed E-state index contributed by atoms with van der Waals surface area (Å²) in [5.74, 6) is -0.757. The van der Waals surface area contributed by atoms with E-state index in [-0.39, 0.29) is 11.9 Å². The molecule has 0 radical (unpaired) electrons. The predicted molar refractivity (Wildman–Crippen MR) is 97.8 cm³/mol. The molecule has 0 amide bonds. The van der Waals surface area contributed by atoms with Gasteiger partial charge in [0.25, 0.3) is 0 Å². The molecule has 0 bridgehead atoms. The molecule has 4 nitrogen and oxygen atoms in total. The largest absolute Gasteiger partial charge is 0.463 e. The minimum atomic E-state index is -0.386. The zero-order chi connectivity index (χ0) is 18.2. The van der Waals surface area contributed by atoms with Crippen LogP contribution in [-0.4, -0.2) is 25.2 Å². The molecule has 0 aliphatic heterocycles. The quantitative estimate of drug-likeness (QED) is 0.243. The Balaban J connectivity index is 4.56. The fourth-order valence-electron chi connectivity index (χ4n) is 2.73. The van der Waals surface area contributed by atoms with Gasteiger partial charge in [0.2, 0.25) is 0 Å². The molecule has 0 aromatic heterocycles. The Kier molecular flexibility index (Phi) is 14.4. The molecular formula is C20H36O4. The third-order valence-electron chi connectivity index (χ3n) is 4.04. The van der Waals surface area contributed by atoms with Crippen LogP contribution in [0.15, 0.2) is 11.1 Å². The van der Waals surface area contributed by atoms with Gasteiger partial charge in [-0.2, -0.15) is 0 Å². The van der Waals surface area contributed by atoms with E-state index in [9.17, 15) is 9.59 Å². The monoisotopic (exact) mass is 340 g/mol. The summed E-state index contributed by atoms with van der Waals surface area (Å²) in [6, 6.07) is 0. The fraction of sp³-hybridized carbons (Fsp3) is 0.800. The van der Waals surface area contributed by atoms with Crippen molar-refractivity contribution in [1.82, 2.24) is 0 Å². The Morgan fingerprint density at radius 1 is 0.625 bits per heavy atom. The first-order valence-corrected chi connectivity index (χ1v) is 9.68. The molecule has 0 N–H and O–H groups in total. The van der Waals surface area contributed by atoms with E-state index in [1.54, 1.807) is 13.8 Å². The highest BCUT2D eigenvalue weighted by Gasteiger charge is 2.21. The highest BCUT2D eigenvalue weighted by atomic mass is 16.5. The maximum absolute atomic E-state index is 12.2. The third kappa shape index (κ3) is 9.74. The van der Waals surface area contributed by atoms with E-state index in [4.69, 9.17) is 9.47 Å². The first kappa shape index (κ1) is 22.7. The number of rotatable bonds is 14. The summed E-state index contributed by atoms with van der Waals surface area (Å²) in [6.45, 7) is 8.28. The van der Waals surface area contributed by atoms with E-state index < -0.39 is 0 Å². The normalized spacial score (nSPS) is 11.8. The van der Waals surface area contributed by atoms with E-state index in [1.807, 2.05) is 6.92 Å².